The fourth-order valence-corrected chi connectivity index (χ4v) is 8.51. The van der Waals surface area contributed by atoms with Crippen LogP contribution in [0.25, 0.3) is 109 Å². The maximum absolute atomic E-state index is 6.21. The molecule has 0 spiro atoms. The van der Waals surface area contributed by atoms with E-state index in [0.717, 1.165) is 21.9 Å². The van der Waals surface area contributed by atoms with Gasteiger partial charge in [-0.3, -0.25) is 0 Å². The van der Waals surface area contributed by atoms with Gasteiger partial charge in [0.25, 0.3) is 0 Å². The molecule has 0 bridgehead atoms. The van der Waals surface area contributed by atoms with Crippen LogP contribution in [0.3, 0.4) is 0 Å². The van der Waals surface area contributed by atoms with E-state index in [4.69, 9.17) is 4.42 Å². The van der Waals surface area contributed by atoms with Gasteiger partial charge in [-0.25, -0.2) is 0 Å². The van der Waals surface area contributed by atoms with E-state index in [9.17, 15) is 0 Å². The van der Waals surface area contributed by atoms with Crippen LogP contribution < -0.4 is 0 Å². The van der Waals surface area contributed by atoms with Crippen molar-refractivity contribution >= 4 is 75.8 Å². The third kappa shape index (κ3) is 4.28. The molecule has 0 atom stereocenters. The van der Waals surface area contributed by atoms with Crippen LogP contribution in [0.4, 0.5) is 0 Å². The van der Waals surface area contributed by atoms with Gasteiger partial charge in [-0.15, -0.1) is 0 Å². The van der Waals surface area contributed by atoms with E-state index in [0.29, 0.717) is 0 Å². The zero-order valence-corrected chi connectivity index (χ0v) is 27.7. The van der Waals surface area contributed by atoms with E-state index in [1.54, 1.807) is 0 Å². The molecule has 11 rings (SSSR count). The van der Waals surface area contributed by atoms with Gasteiger partial charge in [0.05, 0.1) is 0 Å². The summed E-state index contributed by atoms with van der Waals surface area (Å²) in [6.45, 7) is 0. The van der Waals surface area contributed by atoms with Crippen molar-refractivity contribution in [1.82, 2.24) is 0 Å². The highest BCUT2D eigenvalue weighted by Crippen LogP contribution is 2.46. The summed E-state index contributed by atoms with van der Waals surface area (Å²) in [5, 5.41) is 14.9. The molecular weight excluding hydrogens is 617 g/mol. The van der Waals surface area contributed by atoms with Crippen LogP contribution in [0.1, 0.15) is 0 Å². The molecule has 0 aliphatic heterocycles. The number of furan rings is 1. The number of fused-ring (bicyclic) bond motifs is 9. The lowest BCUT2D eigenvalue weighted by Gasteiger charge is -2.19. The van der Waals surface area contributed by atoms with Crippen molar-refractivity contribution < 1.29 is 4.42 Å². The minimum absolute atomic E-state index is 0.912. The quantitative estimate of drug-likeness (QED) is 0.138. The Hall–Kier alpha value is -6.70. The van der Waals surface area contributed by atoms with Gasteiger partial charge in [-0.05, 0) is 124 Å². The van der Waals surface area contributed by atoms with Crippen LogP contribution >= 0.6 is 0 Å². The Kier molecular flexibility index (Phi) is 6.02. The van der Waals surface area contributed by atoms with Gasteiger partial charge >= 0.3 is 0 Å². The fraction of sp³-hybridized carbons (Fsp3) is 0. The number of hydrogen-bond donors (Lipinski definition) is 0. The Morgan fingerprint density at radius 3 is 1.49 bits per heavy atom. The third-order valence-corrected chi connectivity index (χ3v) is 10.8. The molecule has 51 heavy (non-hydrogen) atoms. The first-order valence-electron chi connectivity index (χ1n) is 17.6. The molecule has 11 aromatic rings. The van der Waals surface area contributed by atoms with Crippen LogP contribution in [0.5, 0.6) is 0 Å². The molecule has 0 saturated heterocycles. The molecule has 0 saturated carbocycles. The Balaban J connectivity index is 1.18. The first-order chi connectivity index (χ1) is 25.3. The summed E-state index contributed by atoms with van der Waals surface area (Å²) in [6, 6.07) is 66.5. The van der Waals surface area contributed by atoms with Crippen molar-refractivity contribution in [3.8, 4) is 33.4 Å². The second-order valence-electron chi connectivity index (χ2n) is 13.6. The zero-order valence-electron chi connectivity index (χ0n) is 27.7. The van der Waals surface area contributed by atoms with Gasteiger partial charge < -0.3 is 4.42 Å². The number of rotatable bonds is 3. The lowest BCUT2D eigenvalue weighted by molar-refractivity contribution is 0.669. The summed E-state index contributed by atoms with van der Waals surface area (Å²) in [4.78, 5) is 0. The van der Waals surface area contributed by atoms with E-state index in [2.05, 4.69) is 170 Å². The molecule has 0 aliphatic rings. The van der Waals surface area contributed by atoms with Crippen LogP contribution in [-0.4, -0.2) is 0 Å². The lowest BCUT2D eigenvalue weighted by atomic mass is 9.84. The average Bonchev–Trinajstić information content (AvgIpc) is 3.57. The smallest absolute Gasteiger partial charge is 0.135 e. The molecular formula is C50H30O. The molecule has 0 unspecified atom stereocenters. The number of para-hydroxylation sites is 1. The summed E-state index contributed by atoms with van der Waals surface area (Å²) in [6.07, 6.45) is 0. The fourth-order valence-electron chi connectivity index (χ4n) is 8.51. The molecule has 0 aliphatic carbocycles. The van der Waals surface area contributed by atoms with Crippen molar-refractivity contribution in [2.24, 2.45) is 0 Å². The Labute approximate surface area is 294 Å². The zero-order chi connectivity index (χ0) is 33.5. The molecule has 0 radical (unpaired) electrons. The van der Waals surface area contributed by atoms with E-state index in [1.807, 2.05) is 12.1 Å². The molecule has 10 aromatic carbocycles. The maximum Gasteiger partial charge on any atom is 0.135 e. The Morgan fingerprint density at radius 2 is 0.745 bits per heavy atom. The molecule has 236 valence electrons. The minimum Gasteiger partial charge on any atom is -0.456 e. The van der Waals surface area contributed by atoms with Gasteiger partial charge in [0.1, 0.15) is 11.2 Å². The standard InChI is InChI=1S/C50H30O/c1-3-13-37-31(11-1)21-22-33-27-35(23-25-39(33)37)49-41-16-5-7-18-43(41)50(44-19-8-6-17-42(44)49)36-28-32-12-2-4-14-38(32)45(30-36)34-24-26-48-46(29-34)40-15-9-10-20-47(40)51-48/h1-30H. The Bertz CT molecular complexity index is 3140. The van der Waals surface area contributed by atoms with E-state index >= 15 is 0 Å². The normalized spacial score (nSPS) is 11.9. The SMILES string of the molecule is c1ccc2c(-c3ccc4oc5ccccc5c4c3)cc(-c3c4ccccc4c(-c4ccc5c(ccc6ccccc65)c4)c4ccccc34)cc2c1. The lowest BCUT2D eigenvalue weighted by Crippen LogP contribution is -1.92. The molecule has 0 N–H and O–H groups in total. The highest BCUT2D eigenvalue weighted by molar-refractivity contribution is 6.23. The average molecular weight is 647 g/mol. The Morgan fingerprint density at radius 1 is 0.255 bits per heavy atom. The highest BCUT2D eigenvalue weighted by Gasteiger charge is 2.19. The predicted molar refractivity (Wildman–Crippen MR) is 218 cm³/mol. The largest absolute Gasteiger partial charge is 0.456 e. The molecule has 0 amide bonds. The van der Waals surface area contributed by atoms with E-state index in [1.165, 1.54) is 87.2 Å². The molecule has 1 heteroatoms. The van der Waals surface area contributed by atoms with Crippen LogP contribution in [0, 0.1) is 0 Å². The highest BCUT2D eigenvalue weighted by atomic mass is 16.3. The second kappa shape index (κ2) is 10.9. The van der Waals surface area contributed by atoms with Gasteiger partial charge in [-0.1, -0.05) is 146 Å². The monoisotopic (exact) mass is 646 g/mol. The van der Waals surface area contributed by atoms with Gasteiger partial charge in [-0.2, -0.15) is 0 Å². The van der Waals surface area contributed by atoms with Crippen molar-refractivity contribution in [3.05, 3.63) is 182 Å². The van der Waals surface area contributed by atoms with Crippen molar-refractivity contribution in [1.29, 1.82) is 0 Å². The first-order valence-corrected chi connectivity index (χ1v) is 17.6. The van der Waals surface area contributed by atoms with Gasteiger partial charge in [0, 0.05) is 10.8 Å². The summed E-state index contributed by atoms with van der Waals surface area (Å²) in [5.74, 6) is 0. The van der Waals surface area contributed by atoms with Crippen molar-refractivity contribution in [2.45, 2.75) is 0 Å². The van der Waals surface area contributed by atoms with Crippen LogP contribution in [-0.2, 0) is 0 Å². The van der Waals surface area contributed by atoms with Crippen LogP contribution in [0.2, 0.25) is 0 Å². The summed E-state index contributed by atoms with van der Waals surface area (Å²) >= 11 is 0. The number of hydrogen-bond acceptors (Lipinski definition) is 1. The molecule has 0 fully saturated rings. The topological polar surface area (TPSA) is 13.1 Å². The van der Waals surface area contributed by atoms with Crippen molar-refractivity contribution in [2.75, 3.05) is 0 Å². The predicted octanol–water partition coefficient (Wildman–Crippen LogP) is 14.4. The van der Waals surface area contributed by atoms with E-state index < -0.39 is 0 Å². The summed E-state index contributed by atoms with van der Waals surface area (Å²) in [5.41, 5.74) is 9.21. The number of benzene rings is 10. The molecule has 1 nitrogen and oxygen atoms in total. The van der Waals surface area contributed by atoms with Crippen molar-refractivity contribution in [3.63, 3.8) is 0 Å². The second-order valence-corrected chi connectivity index (χ2v) is 13.6. The van der Waals surface area contributed by atoms with E-state index in [-0.39, 0.29) is 0 Å². The molecule has 1 aromatic heterocycles. The minimum atomic E-state index is 0.912. The summed E-state index contributed by atoms with van der Waals surface area (Å²) in [7, 11) is 0. The van der Waals surface area contributed by atoms with Gasteiger partial charge in [0.15, 0.2) is 0 Å². The first kappa shape index (κ1) is 28.2. The maximum atomic E-state index is 6.21. The summed E-state index contributed by atoms with van der Waals surface area (Å²) < 4.78 is 6.21. The van der Waals surface area contributed by atoms with Gasteiger partial charge in [0.2, 0.25) is 0 Å². The molecule has 1 heterocycles. The third-order valence-electron chi connectivity index (χ3n) is 10.8. The van der Waals surface area contributed by atoms with Crippen LogP contribution in [0.15, 0.2) is 186 Å².